The molecule has 7 heteroatoms. The lowest BCUT2D eigenvalue weighted by atomic mass is 10.3. The zero-order valence-corrected chi connectivity index (χ0v) is 15.9. The lowest BCUT2D eigenvalue weighted by molar-refractivity contribution is 0.281. The van der Waals surface area contributed by atoms with E-state index in [0.717, 1.165) is 5.75 Å². The van der Waals surface area contributed by atoms with Crippen molar-refractivity contribution in [3.8, 4) is 5.75 Å². The van der Waals surface area contributed by atoms with Gasteiger partial charge in [0.1, 0.15) is 12.4 Å². The first-order valence-corrected chi connectivity index (χ1v) is 10.1. The first kappa shape index (κ1) is 19.8. The Morgan fingerprint density at radius 2 is 1.69 bits per heavy atom. The van der Waals surface area contributed by atoms with Gasteiger partial charge in [-0.15, -0.1) is 0 Å². The Hall–Kier alpha value is -2.54. The van der Waals surface area contributed by atoms with Gasteiger partial charge in [-0.25, -0.2) is 8.42 Å². The molecule has 140 valence electrons. The summed E-state index contributed by atoms with van der Waals surface area (Å²) in [6, 6.07) is 18.1. The Morgan fingerprint density at radius 3 is 2.31 bits per heavy atom. The van der Waals surface area contributed by atoms with Crippen molar-refractivity contribution in [3.63, 3.8) is 0 Å². The molecule has 0 aliphatic carbocycles. The number of nitrogens with one attached hydrogen (secondary N) is 1. The van der Waals surface area contributed by atoms with Gasteiger partial charge in [0.2, 0.25) is 0 Å². The summed E-state index contributed by atoms with van der Waals surface area (Å²) in [6.07, 6.45) is 0. The molecule has 6 nitrogen and oxygen atoms in total. The molecule has 0 heterocycles. The quantitative estimate of drug-likeness (QED) is 0.565. The highest BCUT2D eigenvalue weighted by atomic mass is 32.2. The van der Waals surface area contributed by atoms with Gasteiger partial charge < -0.3 is 15.0 Å². The highest BCUT2D eigenvalue weighted by Gasteiger charge is 2.14. The molecular formula is C19H25N3O3S. The molecule has 2 aromatic rings. The summed E-state index contributed by atoms with van der Waals surface area (Å²) in [5, 5.41) is 3.08. The molecule has 0 atom stereocenters. The van der Waals surface area contributed by atoms with Crippen molar-refractivity contribution in [1.29, 1.82) is 0 Å². The second-order valence-corrected chi connectivity index (χ2v) is 7.80. The lowest BCUT2D eigenvalue weighted by Crippen LogP contribution is -2.42. The molecule has 2 aromatic carbocycles. The number of guanidine groups is 1. The van der Waals surface area contributed by atoms with Crippen LogP contribution in [0.4, 0.5) is 0 Å². The number of nitrogens with zero attached hydrogens (tertiary/aromatic N) is 2. The summed E-state index contributed by atoms with van der Waals surface area (Å²) in [5.74, 6) is 1.45. The number of para-hydroxylation sites is 1. The molecule has 1 N–H and O–H groups in total. The molecule has 0 saturated carbocycles. The van der Waals surface area contributed by atoms with E-state index in [1.165, 1.54) is 0 Å². The van der Waals surface area contributed by atoms with Crippen LogP contribution in [-0.4, -0.2) is 58.8 Å². The van der Waals surface area contributed by atoms with Gasteiger partial charge in [0.15, 0.2) is 15.8 Å². The summed E-state index contributed by atoms with van der Waals surface area (Å²) in [7, 11) is 0.250. The predicted molar refractivity (Wildman–Crippen MR) is 104 cm³/mol. The maximum atomic E-state index is 12.3. The first-order valence-electron chi connectivity index (χ1n) is 8.40. The van der Waals surface area contributed by atoms with Crippen molar-refractivity contribution in [1.82, 2.24) is 10.2 Å². The van der Waals surface area contributed by atoms with Gasteiger partial charge in [0.05, 0.1) is 17.2 Å². The maximum Gasteiger partial charge on any atom is 0.193 e. The molecule has 0 aliphatic rings. The van der Waals surface area contributed by atoms with Crippen LogP contribution in [0.5, 0.6) is 5.75 Å². The summed E-state index contributed by atoms with van der Waals surface area (Å²) in [5.41, 5.74) is 0. The van der Waals surface area contributed by atoms with Gasteiger partial charge in [-0.3, -0.25) is 4.99 Å². The Morgan fingerprint density at radius 1 is 1.08 bits per heavy atom. The Bertz CT molecular complexity index is 793. The van der Waals surface area contributed by atoms with Crippen molar-refractivity contribution < 1.29 is 13.2 Å². The van der Waals surface area contributed by atoms with E-state index in [1.807, 2.05) is 42.3 Å². The van der Waals surface area contributed by atoms with Crippen LogP contribution in [0.3, 0.4) is 0 Å². The Balaban J connectivity index is 1.78. The minimum Gasteiger partial charge on any atom is -0.492 e. The van der Waals surface area contributed by atoms with Crippen LogP contribution >= 0.6 is 0 Å². The van der Waals surface area contributed by atoms with E-state index in [1.54, 1.807) is 37.4 Å². The second kappa shape index (κ2) is 9.82. The number of ether oxygens (including phenoxy) is 1. The molecule has 0 fully saturated rings. The van der Waals surface area contributed by atoms with E-state index >= 15 is 0 Å². The van der Waals surface area contributed by atoms with Crippen LogP contribution in [0, 0.1) is 0 Å². The molecular weight excluding hydrogens is 350 g/mol. The number of aliphatic imine (C=N–C) groups is 1. The van der Waals surface area contributed by atoms with Crippen LogP contribution < -0.4 is 10.1 Å². The van der Waals surface area contributed by atoms with Crippen molar-refractivity contribution in [2.24, 2.45) is 4.99 Å². The van der Waals surface area contributed by atoms with E-state index < -0.39 is 9.84 Å². The molecule has 0 aliphatic heterocycles. The van der Waals surface area contributed by atoms with E-state index in [9.17, 15) is 8.42 Å². The zero-order valence-electron chi connectivity index (χ0n) is 15.1. The SMILES string of the molecule is CN=C(NCCS(=O)(=O)c1ccccc1)N(C)CCOc1ccccc1. The fraction of sp³-hybridized carbons (Fsp3) is 0.316. The molecule has 0 unspecified atom stereocenters. The highest BCUT2D eigenvalue weighted by molar-refractivity contribution is 7.91. The molecule has 0 aromatic heterocycles. The third-order valence-electron chi connectivity index (χ3n) is 3.77. The van der Waals surface area contributed by atoms with Crippen LogP contribution in [0.15, 0.2) is 70.6 Å². The van der Waals surface area contributed by atoms with Crippen LogP contribution in [-0.2, 0) is 9.84 Å². The zero-order chi connectivity index (χ0) is 18.8. The van der Waals surface area contributed by atoms with E-state index in [4.69, 9.17) is 4.74 Å². The molecule has 0 radical (unpaired) electrons. The van der Waals surface area contributed by atoms with Gasteiger partial charge in [0, 0.05) is 20.6 Å². The summed E-state index contributed by atoms with van der Waals surface area (Å²) in [6.45, 7) is 1.41. The van der Waals surface area contributed by atoms with Crippen molar-refractivity contribution >= 4 is 15.8 Å². The predicted octanol–water partition coefficient (Wildman–Crippen LogP) is 2.05. The number of rotatable bonds is 8. The highest BCUT2D eigenvalue weighted by Crippen LogP contribution is 2.09. The van der Waals surface area contributed by atoms with E-state index in [2.05, 4.69) is 10.3 Å². The Labute approximate surface area is 155 Å². The maximum absolute atomic E-state index is 12.3. The standard InChI is InChI=1S/C19H25N3O3S/c1-20-19(22(2)14-15-25-17-9-5-3-6-10-17)21-13-16-26(23,24)18-11-7-4-8-12-18/h3-12H,13-16H2,1-2H3,(H,20,21). The van der Waals surface area contributed by atoms with Crippen molar-refractivity contribution in [3.05, 3.63) is 60.7 Å². The number of hydrogen-bond acceptors (Lipinski definition) is 4. The van der Waals surface area contributed by atoms with Crippen LogP contribution in [0.25, 0.3) is 0 Å². The molecule has 0 saturated heterocycles. The van der Waals surface area contributed by atoms with Crippen LogP contribution in [0.1, 0.15) is 0 Å². The normalized spacial score (nSPS) is 11.8. The fourth-order valence-corrected chi connectivity index (χ4v) is 3.53. The molecule has 0 amide bonds. The van der Waals surface area contributed by atoms with Gasteiger partial charge in [-0.2, -0.15) is 0 Å². The van der Waals surface area contributed by atoms with E-state index in [-0.39, 0.29) is 12.3 Å². The largest absolute Gasteiger partial charge is 0.492 e. The minimum absolute atomic E-state index is 0.00435. The number of sulfone groups is 1. The van der Waals surface area contributed by atoms with Gasteiger partial charge in [-0.1, -0.05) is 36.4 Å². The molecule has 0 bridgehead atoms. The smallest absolute Gasteiger partial charge is 0.193 e. The van der Waals surface area contributed by atoms with Crippen molar-refractivity contribution in [2.75, 3.05) is 39.5 Å². The summed E-state index contributed by atoms with van der Waals surface area (Å²) in [4.78, 5) is 6.42. The van der Waals surface area contributed by atoms with Crippen LogP contribution in [0.2, 0.25) is 0 Å². The third-order valence-corrected chi connectivity index (χ3v) is 5.50. The van der Waals surface area contributed by atoms with E-state index in [0.29, 0.717) is 24.0 Å². The fourth-order valence-electron chi connectivity index (χ4n) is 2.35. The minimum atomic E-state index is -3.30. The second-order valence-electron chi connectivity index (χ2n) is 5.69. The monoisotopic (exact) mass is 375 g/mol. The molecule has 2 rings (SSSR count). The topological polar surface area (TPSA) is 71.0 Å². The average Bonchev–Trinajstić information content (AvgIpc) is 2.66. The lowest BCUT2D eigenvalue weighted by Gasteiger charge is -2.22. The summed E-state index contributed by atoms with van der Waals surface area (Å²) >= 11 is 0. The number of hydrogen-bond donors (Lipinski definition) is 1. The number of benzene rings is 2. The average molecular weight is 375 g/mol. The molecule has 0 spiro atoms. The van der Waals surface area contributed by atoms with Gasteiger partial charge >= 0.3 is 0 Å². The Kier molecular flexibility index (Phi) is 7.47. The number of likely N-dealkylation sites (N-methyl/N-ethyl adjacent to an activating group) is 1. The first-order chi connectivity index (χ1) is 12.5. The molecule has 26 heavy (non-hydrogen) atoms. The van der Waals surface area contributed by atoms with Gasteiger partial charge in [-0.05, 0) is 24.3 Å². The van der Waals surface area contributed by atoms with Gasteiger partial charge in [0.25, 0.3) is 0 Å². The van der Waals surface area contributed by atoms with Crippen molar-refractivity contribution in [2.45, 2.75) is 4.90 Å². The summed E-state index contributed by atoms with van der Waals surface area (Å²) < 4.78 is 30.2. The third kappa shape index (κ3) is 6.07.